The van der Waals surface area contributed by atoms with E-state index in [1.165, 1.54) is 5.56 Å². The van der Waals surface area contributed by atoms with E-state index in [4.69, 9.17) is 0 Å². The normalized spacial score (nSPS) is 21.5. The summed E-state index contributed by atoms with van der Waals surface area (Å²) in [5.74, 6) is 0.767. The van der Waals surface area contributed by atoms with Gasteiger partial charge in [0, 0.05) is 6.42 Å². The maximum absolute atomic E-state index is 10.9. The molecule has 1 amide bonds. The molecule has 3 heteroatoms. The van der Waals surface area contributed by atoms with Crippen molar-refractivity contribution in [3.8, 4) is 0 Å². The number of hydrogen-bond acceptors (Lipinski definition) is 2. The van der Waals surface area contributed by atoms with Crippen LogP contribution in [0.3, 0.4) is 0 Å². The minimum atomic E-state index is 0.158. The molecule has 1 aliphatic rings. The van der Waals surface area contributed by atoms with Crippen molar-refractivity contribution in [1.82, 2.24) is 5.32 Å². The first kappa shape index (κ1) is 8.63. The van der Waals surface area contributed by atoms with E-state index in [-0.39, 0.29) is 11.3 Å². The Morgan fingerprint density at radius 1 is 1.38 bits per heavy atom. The molecular weight excluding hydrogens is 182 g/mol. The number of carbonyl (C=O) groups is 1. The third kappa shape index (κ3) is 2.25. The van der Waals surface area contributed by atoms with Crippen LogP contribution < -0.4 is 5.32 Å². The van der Waals surface area contributed by atoms with Gasteiger partial charge in [-0.1, -0.05) is 30.3 Å². The lowest BCUT2D eigenvalue weighted by Crippen LogP contribution is -2.26. The first-order chi connectivity index (χ1) is 6.34. The van der Waals surface area contributed by atoms with Gasteiger partial charge in [-0.2, -0.15) is 0 Å². The van der Waals surface area contributed by atoms with Crippen LogP contribution in [0.25, 0.3) is 0 Å². The fourth-order valence-corrected chi connectivity index (χ4v) is 2.34. The summed E-state index contributed by atoms with van der Waals surface area (Å²) in [4.78, 5) is 10.9. The van der Waals surface area contributed by atoms with Crippen molar-refractivity contribution >= 4 is 17.7 Å². The van der Waals surface area contributed by atoms with Crippen LogP contribution in [0, 0.1) is 0 Å². The fraction of sp³-hybridized carbons (Fsp3) is 0.300. The second-order valence-electron chi connectivity index (χ2n) is 3.06. The molecule has 1 aromatic rings. The van der Waals surface area contributed by atoms with Crippen molar-refractivity contribution in [2.75, 3.05) is 5.75 Å². The zero-order chi connectivity index (χ0) is 9.10. The molecule has 0 aromatic heterocycles. The van der Waals surface area contributed by atoms with Gasteiger partial charge in [-0.25, -0.2) is 0 Å². The van der Waals surface area contributed by atoms with E-state index < -0.39 is 0 Å². The number of amides is 1. The van der Waals surface area contributed by atoms with E-state index in [1.54, 1.807) is 11.8 Å². The van der Waals surface area contributed by atoms with Crippen molar-refractivity contribution in [1.29, 1.82) is 0 Å². The molecule has 1 N–H and O–H groups in total. The predicted molar refractivity (Wildman–Crippen MR) is 54.5 cm³/mol. The van der Waals surface area contributed by atoms with Gasteiger partial charge in [0.25, 0.3) is 0 Å². The van der Waals surface area contributed by atoms with Gasteiger partial charge >= 0.3 is 0 Å². The fourth-order valence-electron chi connectivity index (χ4n) is 1.38. The highest BCUT2D eigenvalue weighted by Gasteiger charge is 2.20. The van der Waals surface area contributed by atoms with Gasteiger partial charge in [0.05, 0.1) is 11.1 Å². The molecule has 0 aliphatic carbocycles. The summed E-state index contributed by atoms with van der Waals surface area (Å²) < 4.78 is 0. The van der Waals surface area contributed by atoms with E-state index in [0.29, 0.717) is 5.75 Å². The van der Waals surface area contributed by atoms with Gasteiger partial charge < -0.3 is 5.32 Å². The quantitative estimate of drug-likeness (QED) is 0.769. The highest BCUT2D eigenvalue weighted by molar-refractivity contribution is 8.01. The summed E-state index contributed by atoms with van der Waals surface area (Å²) in [6, 6.07) is 10.2. The molecule has 1 saturated heterocycles. The number of benzene rings is 1. The second kappa shape index (κ2) is 3.83. The zero-order valence-corrected chi connectivity index (χ0v) is 8.01. The Hall–Kier alpha value is -0.960. The van der Waals surface area contributed by atoms with E-state index in [1.807, 2.05) is 18.2 Å². The minimum Gasteiger partial charge on any atom is -0.343 e. The summed E-state index contributed by atoms with van der Waals surface area (Å²) >= 11 is 1.68. The summed E-state index contributed by atoms with van der Waals surface area (Å²) in [7, 11) is 0. The van der Waals surface area contributed by atoms with Crippen LogP contribution in [0.1, 0.15) is 5.56 Å². The van der Waals surface area contributed by atoms with E-state index in [2.05, 4.69) is 17.4 Å². The van der Waals surface area contributed by atoms with Crippen molar-refractivity contribution in [2.45, 2.75) is 11.8 Å². The van der Waals surface area contributed by atoms with Crippen LogP contribution in [0.2, 0.25) is 0 Å². The number of hydrogen-bond donors (Lipinski definition) is 1. The maximum Gasteiger partial charge on any atom is 0.230 e. The lowest BCUT2D eigenvalue weighted by Gasteiger charge is -2.08. The number of carbonyl (C=O) groups excluding carboxylic acids is 1. The molecule has 2 rings (SSSR count). The molecule has 1 aromatic carbocycles. The number of nitrogens with one attached hydrogen (secondary N) is 1. The van der Waals surface area contributed by atoms with Crippen LogP contribution in [-0.2, 0) is 11.2 Å². The molecule has 1 atom stereocenters. The van der Waals surface area contributed by atoms with E-state index >= 15 is 0 Å². The lowest BCUT2D eigenvalue weighted by molar-refractivity contribution is -0.118. The van der Waals surface area contributed by atoms with Crippen molar-refractivity contribution in [3.63, 3.8) is 0 Å². The zero-order valence-electron chi connectivity index (χ0n) is 7.19. The van der Waals surface area contributed by atoms with Crippen LogP contribution in [-0.4, -0.2) is 17.0 Å². The lowest BCUT2D eigenvalue weighted by atomic mass is 10.1. The predicted octanol–water partition coefficient (Wildman–Crippen LogP) is 1.42. The molecule has 0 saturated carbocycles. The van der Waals surface area contributed by atoms with Crippen molar-refractivity contribution in [3.05, 3.63) is 35.9 Å². The molecule has 2 nitrogen and oxygen atoms in total. The van der Waals surface area contributed by atoms with E-state index in [9.17, 15) is 4.79 Å². The molecule has 0 spiro atoms. The third-order valence-corrected chi connectivity index (χ3v) is 3.12. The average molecular weight is 193 g/mol. The maximum atomic E-state index is 10.9. The van der Waals surface area contributed by atoms with Gasteiger partial charge in [0.1, 0.15) is 0 Å². The Balaban J connectivity index is 1.96. The molecular formula is C10H11NOS. The van der Waals surface area contributed by atoms with Gasteiger partial charge in [0.2, 0.25) is 5.91 Å². The molecule has 1 aliphatic heterocycles. The van der Waals surface area contributed by atoms with Crippen LogP contribution in [0.4, 0.5) is 0 Å². The molecule has 1 fully saturated rings. The van der Waals surface area contributed by atoms with Gasteiger partial charge in [0.15, 0.2) is 0 Å². The first-order valence-electron chi connectivity index (χ1n) is 4.29. The van der Waals surface area contributed by atoms with Crippen LogP contribution in [0.15, 0.2) is 30.3 Å². The standard InChI is InChI=1S/C10H11NOS/c12-9-7-13-10(11-9)6-8-4-2-1-3-5-8/h1-5,10H,6-7H2,(H,11,12). The molecule has 0 radical (unpaired) electrons. The minimum absolute atomic E-state index is 0.158. The highest BCUT2D eigenvalue weighted by Crippen LogP contribution is 2.18. The third-order valence-electron chi connectivity index (χ3n) is 2.00. The second-order valence-corrected chi connectivity index (χ2v) is 4.25. The molecule has 1 heterocycles. The summed E-state index contributed by atoms with van der Waals surface area (Å²) in [6.45, 7) is 0. The van der Waals surface area contributed by atoms with Gasteiger partial charge in [-0.3, -0.25) is 4.79 Å². The van der Waals surface area contributed by atoms with Crippen molar-refractivity contribution in [2.24, 2.45) is 0 Å². The highest BCUT2D eigenvalue weighted by atomic mass is 32.2. The number of rotatable bonds is 2. The summed E-state index contributed by atoms with van der Waals surface area (Å²) in [6.07, 6.45) is 0.928. The van der Waals surface area contributed by atoms with Gasteiger partial charge in [-0.05, 0) is 5.56 Å². The Bertz CT molecular complexity index is 299. The Labute approximate surface area is 81.7 Å². The summed E-state index contributed by atoms with van der Waals surface area (Å²) in [5, 5.41) is 3.20. The number of thioether (sulfide) groups is 1. The smallest absolute Gasteiger partial charge is 0.230 e. The molecule has 0 bridgehead atoms. The average Bonchev–Trinajstić information content (AvgIpc) is 2.53. The van der Waals surface area contributed by atoms with E-state index in [0.717, 1.165) is 6.42 Å². The summed E-state index contributed by atoms with van der Waals surface area (Å²) in [5.41, 5.74) is 1.28. The Morgan fingerprint density at radius 2 is 2.15 bits per heavy atom. The molecule has 1 unspecified atom stereocenters. The van der Waals surface area contributed by atoms with Crippen LogP contribution in [0.5, 0.6) is 0 Å². The van der Waals surface area contributed by atoms with Crippen LogP contribution >= 0.6 is 11.8 Å². The molecule has 68 valence electrons. The SMILES string of the molecule is O=C1CSC(Cc2ccccc2)N1. The molecule has 13 heavy (non-hydrogen) atoms. The Kier molecular flexibility index (Phi) is 2.54. The first-order valence-corrected chi connectivity index (χ1v) is 5.34. The monoisotopic (exact) mass is 193 g/mol. The largest absolute Gasteiger partial charge is 0.343 e. The topological polar surface area (TPSA) is 29.1 Å². The van der Waals surface area contributed by atoms with Gasteiger partial charge in [-0.15, -0.1) is 11.8 Å². The Morgan fingerprint density at radius 3 is 2.77 bits per heavy atom. The van der Waals surface area contributed by atoms with Crippen molar-refractivity contribution < 1.29 is 4.79 Å².